The van der Waals surface area contributed by atoms with Crippen molar-refractivity contribution in [3.8, 4) is 0 Å². The number of aliphatic hydroxyl groups excluding tert-OH is 8. The van der Waals surface area contributed by atoms with Gasteiger partial charge >= 0.3 is 17.1 Å². The summed E-state index contributed by atoms with van der Waals surface area (Å²) in [6.07, 6.45) is -17.6. The van der Waals surface area contributed by atoms with E-state index in [0.29, 0.717) is 36.8 Å². The zero-order valence-corrected chi connectivity index (χ0v) is 25.7. The van der Waals surface area contributed by atoms with Crippen LogP contribution in [-0.4, -0.2) is 149 Å². The number of ether oxygens (including phenoxy) is 3. The van der Waals surface area contributed by atoms with Crippen LogP contribution in [-0.2, 0) is 31.4 Å². The Morgan fingerprint density at radius 2 is 0.922 bits per heavy atom. The van der Waals surface area contributed by atoms with E-state index in [2.05, 4.69) is 0 Å². The molecule has 0 unspecified atom stereocenters. The summed E-state index contributed by atoms with van der Waals surface area (Å²) in [6, 6.07) is 1.88. The molecule has 0 spiro atoms. The van der Waals surface area contributed by atoms with E-state index in [1.165, 1.54) is 0 Å². The van der Waals surface area contributed by atoms with Gasteiger partial charge in [0, 0.05) is 36.8 Å². The lowest BCUT2D eigenvalue weighted by Gasteiger charge is -2.58. The molecule has 3 aliphatic rings. The highest BCUT2D eigenvalue weighted by atomic mass is 16.7. The van der Waals surface area contributed by atoms with Crippen molar-refractivity contribution in [3.05, 3.63) is 99.3 Å². The van der Waals surface area contributed by atoms with Crippen molar-refractivity contribution in [3.63, 3.8) is 0 Å². The Morgan fingerprint density at radius 1 is 0.549 bits per heavy atom. The summed E-state index contributed by atoms with van der Waals surface area (Å²) in [6.45, 7) is -3.76. The Bertz CT molecular complexity index is 2180. The summed E-state index contributed by atoms with van der Waals surface area (Å²) in [5.74, 6) is 0. The maximum absolute atomic E-state index is 13.9. The van der Waals surface area contributed by atoms with Gasteiger partial charge in [-0.3, -0.25) is 43.0 Å². The standard InChI is InChI=1S/C27H32N6O18/c34-7-10-16(40)19(43)25(49-10,31-4-1-13(37)28-21(31)45)24(48)18(42)12(9-36)51-27(24,33-6-3-15(39)30-23(33)47)26(20(44)17(41)11(8-35)50-26)32-5-2-14(38)29-22(32)46/h1-6,10-12,16-20,34-36,40-44,48H,7-9H2,(H,28,37,45)(H,29,38,46)(H,30,39,47)/t10-,11-,12-,16-,17-,18-,19-,20-,24+,25+,26+,27+/m1/s1. The molecular weight excluding hydrogens is 696 g/mol. The molecule has 3 aliphatic heterocycles. The highest BCUT2D eigenvalue weighted by Crippen LogP contribution is 2.64. The van der Waals surface area contributed by atoms with Crippen molar-refractivity contribution in [2.24, 2.45) is 0 Å². The molecule has 0 saturated carbocycles. The van der Waals surface area contributed by atoms with Gasteiger partial charge < -0.3 is 60.2 Å². The Labute approximate surface area is 279 Å². The van der Waals surface area contributed by atoms with Crippen molar-refractivity contribution in [2.45, 2.75) is 71.6 Å². The fourth-order valence-electron chi connectivity index (χ4n) is 7.47. The summed E-state index contributed by atoms with van der Waals surface area (Å²) in [5, 5.41) is 103. The summed E-state index contributed by atoms with van der Waals surface area (Å²) in [4.78, 5) is 83.5. The van der Waals surface area contributed by atoms with Crippen LogP contribution in [0.1, 0.15) is 0 Å². The lowest BCUT2D eigenvalue weighted by Crippen LogP contribution is -2.83. The van der Waals surface area contributed by atoms with Crippen LogP contribution in [0.2, 0.25) is 0 Å². The highest BCUT2D eigenvalue weighted by molar-refractivity contribution is 5.29. The van der Waals surface area contributed by atoms with E-state index in [4.69, 9.17) is 14.2 Å². The number of aromatic amines is 3. The Balaban J connectivity index is 1.93. The minimum Gasteiger partial charge on any atom is -0.394 e. The molecule has 0 aromatic carbocycles. The second kappa shape index (κ2) is 12.4. The molecule has 0 bridgehead atoms. The van der Waals surface area contributed by atoms with Crippen molar-refractivity contribution in [1.82, 2.24) is 28.7 Å². The van der Waals surface area contributed by atoms with Crippen LogP contribution in [0.15, 0.2) is 65.6 Å². The van der Waals surface area contributed by atoms with E-state index in [1.54, 1.807) is 4.98 Å². The van der Waals surface area contributed by atoms with E-state index < -0.39 is 125 Å². The molecule has 24 nitrogen and oxygen atoms in total. The fraction of sp³-hybridized carbons (Fsp3) is 0.556. The third kappa shape index (κ3) is 4.50. The first-order chi connectivity index (χ1) is 24.0. The summed E-state index contributed by atoms with van der Waals surface area (Å²) < 4.78 is 18.5. The number of H-pyrrole nitrogens is 3. The summed E-state index contributed by atoms with van der Waals surface area (Å²) in [5.41, 5.74) is -23.0. The van der Waals surface area contributed by atoms with E-state index in [1.807, 2.05) is 9.97 Å². The summed E-state index contributed by atoms with van der Waals surface area (Å²) >= 11 is 0. The molecule has 51 heavy (non-hydrogen) atoms. The molecule has 12 N–H and O–H groups in total. The third-order valence-corrected chi connectivity index (χ3v) is 9.59. The average molecular weight is 729 g/mol. The molecular formula is C27H32N6O18. The van der Waals surface area contributed by atoms with E-state index in [-0.39, 0.29) is 13.7 Å². The minimum atomic E-state index is -4.03. The molecule has 0 amide bonds. The molecule has 6 heterocycles. The van der Waals surface area contributed by atoms with Crippen LogP contribution >= 0.6 is 0 Å². The van der Waals surface area contributed by atoms with E-state index >= 15 is 0 Å². The van der Waals surface area contributed by atoms with Crippen LogP contribution < -0.4 is 33.7 Å². The molecule has 3 aromatic rings. The van der Waals surface area contributed by atoms with Gasteiger partial charge in [-0.15, -0.1) is 0 Å². The average Bonchev–Trinajstić information content (AvgIpc) is 3.60. The van der Waals surface area contributed by atoms with E-state index in [0.717, 1.165) is 0 Å². The van der Waals surface area contributed by atoms with Crippen LogP contribution in [0.3, 0.4) is 0 Å². The Hall–Kier alpha value is -4.44. The Morgan fingerprint density at radius 3 is 1.31 bits per heavy atom. The first kappa shape index (κ1) is 36.4. The highest BCUT2D eigenvalue weighted by Gasteiger charge is 2.89. The smallest absolute Gasteiger partial charge is 0.330 e. The monoisotopic (exact) mass is 728 g/mol. The largest absolute Gasteiger partial charge is 0.394 e. The number of rotatable bonds is 8. The molecule has 3 saturated heterocycles. The van der Waals surface area contributed by atoms with Gasteiger partial charge in [-0.25, -0.2) is 14.4 Å². The topological polar surface area (TPSA) is 374 Å². The van der Waals surface area contributed by atoms with Crippen LogP contribution in [0.4, 0.5) is 0 Å². The third-order valence-electron chi connectivity index (χ3n) is 9.59. The van der Waals surface area contributed by atoms with Crippen LogP contribution in [0.25, 0.3) is 0 Å². The zero-order chi connectivity index (χ0) is 37.4. The Kier molecular flexibility index (Phi) is 8.81. The lowest BCUT2D eigenvalue weighted by molar-refractivity contribution is -0.400. The van der Waals surface area contributed by atoms with Crippen molar-refractivity contribution >= 4 is 0 Å². The molecule has 24 heteroatoms. The number of nitrogens with one attached hydrogen (secondary N) is 3. The number of aromatic nitrogens is 6. The minimum absolute atomic E-state index is 0.160. The van der Waals surface area contributed by atoms with Gasteiger partial charge in [0.15, 0.2) is 5.60 Å². The SMILES string of the molecule is O=c1ccn([C@]2([C@@]3(n4ccc(=O)[nH]c4=O)O[C@H](CO)[C@@H](O)[C@H]3O)O[C@H](CO)[C@@H](O)[C@]2(O)[C@@]2(n3ccc(=O)[nH]c3=O)O[C@H](CO)[C@@H](O)[C@H]2O)c(=O)[nH]1. The van der Waals surface area contributed by atoms with Crippen LogP contribution in [0.5, 0.6) is 0 Å². The van der Waals surface area contributed by atoms with Gasteiger partial charge in [-0.05, 0) is 0 Å². The van der Waals surface area contributed by atoms with Gasteiger partial charge in [-0.1, -0.05) is 0 Å². The lowest BCUT2D eigenvalue weighted by atomic mass is 9.68. The van der Waals surface area contributed by atoms with Crippen molar-refractivity contribution < 1.29 is 60.2 Å². The molecule has 3 aromatic heterocycles. The second-order valence-corrected chi connectivity index (χ2v) is 12.1. The molecule has 6 rings (SSSR count). The molecule has 3 fully saturated rings. The second-order valence-electron chi connectivity index (χ2n) is 12.1. The predicted molar refractivity (Wildman–Crippen MR) is 159 cm³/mol. The molecule has 0 radical (unpaired) electrons. The molecule has 12 atom stereocenters. The zero-order valence-electron chi connectivity index (χ0n) is 25.7. The number of hydrogen-bond acceptors (Lipinski definition) is 18. The molecule has 0 aliphatic carbocycles. The van der Waals surface area contributed by atoms with Gasteiger partial charge in [0.05, 0.1) is 19.8 Å². The van der Waals surface area contributed by atoms with Gasteiger partial charge in [-0.2, -0.15) is 0 Å². The fourth-order valence-corrected chi connectivity index (χ4v) is 7.47. The number of hydrogen-bond donors (Lipinski definition) is 12. The van der Waals surface area contributed by atoms with Crippen molar-refractivity contribution in [2.75, 3.05) is 19.8 Å². The van der Waals surface area contributed by atoms with Gasteiger partial charge in [0.1, 0.15) is 48.8 Å². The molecule has 278 valence electrons. The van der Waals surface area contributed by atoms with Crippen molar-refractivity contribution in [1.29, 1.82) is 0 Å². The first-order valence-electron chi connectivity index (χ1n) is 15.0. The normalized spacial score (nSPS) is 39.5. The quantitative estimate of drug-likeness (QED) is 0.102. The maximum Gasteiger partial charge on any atom is 0.330 e. The van der Waals surface area contributed by atoms with Gasteiger partial charge in [0.2, 0.25) is 17.2 Å². The summed E-state index contributed by atoms with van der Waals surface area (Å²) in [7, 11) is 0. The predicted octanol–water partition coefficient (Wildman–Crippen LogP) is -9.70. The maximum atomic E-state index is 13.9. The van der Waals surface area contributed by atoms with Gasteiger partial charge in [0.25, 0.3) is 16.7 Å². The number of aliphatic hydroxyl groups is 9. The van der Waals surface area contributed by atoms with Crippen LogP contribution in [0, 0.1) is 0 Å². The number of nitrogens with zero attached hydrogens (tertiary/aromatic N) is 3. The van der Waals surface area contributed by atoms with E-state index in [9.17, 15) is 74.7 Å². The first-order valence-corrected chi connectivity index (χ1v) is 15.0.